The van der Waals surface area contributed by atoms with Crippen LogP contribution in [0.4, 0.5) is 0 Å². The molecule has 10 heteroatoms. The van der Waals surface area contributed by atoms with E-state index in [9.17, 15) is 19.2 Å². The van der Waals surface area contributed by atoms with E-state index >= 15 is 0 Å². The van der Waals surface area contributed by atoms with Crippen LogP contribution in [-0.2, 0) is 19.3 Å². The van der Waals surface area contributed by atoms with Crippen LogP contribution < -0.4 is 11.0 Å². The average Bonchev–Trinajstić information content (AvgIpc) is 3.01. The van der Waals surface area contributed by atoms with E-state index < -0.39 is 40.9 Å². The molecule has 0 aliphatic heterocycles. The van der Waals surface area contributed by atoms with Gasteiger partial charge in [-0.05, 0) is 13.8 Å². The zero-order chi connectivity index (χ0) is 17.6. The standard InChI is InChI=1S/C13H18N4O6/c1-6(16-22-3)10(18)12(20)8-9(15-5-14-8)13(21)11(19)7(2)17-23-4/h5-7,16-17H,1-4H3,(H,14,15). The minimum Gasteiger partial charge on any atom is -0.341 e. The molecule has 126 valence electrons. The minimum atomic E-state index is -1.01. The monoisotopic (exact) mass is 326 g/mol. The summed E-state index contributed by atoms with van der Waals surface area (Å²) in [7, 11) is 2.59. The number of ketones is 4. The number of nitrogens with zero attached hydrogens (tertiary/aromatic N) is 1. The molecule has 1 aromatic heterocycles. The van der Waals surface area contributed by atoms with Gasteiger partial charge in [-0.1, -0.05) is 0 Å². The molecule has 1 heterocycles. The Morgan fingerprint density at radius 2 is 1.48 bits per heavy atom. The molecule has 10 nitrogen and oxygen atoms in total. The molecular weight excluding hydrogens is 308 g/mol. The lowest BCUT2D eigenvalue weighted by Crippen LogP contribution is -2.40. The molecule has 0 fully saturated rings. The Hall–Kier alpha value is -2.27. The molecule has 23 heavy (non-hydrogen) atoms. The van der Waals surface area contributed by atoms with Crippen LogP contribution in [-0.4, -0.2) is 59.4 Å². The summed E-state index contributed by atoms with van der Waals surface area (Å²) in [6.45, 7) is 2.82. The van der Waals surface area contributed by atoms with Gasteiger partial charge in [0.2, 0.25) is 17.3 Å². The lowest BCUT2D eigenvalue weighted by atomic mass is 10.0. The van der Waals surface area contributed by atoms with Crippen molar-refractivity contribution in [3.8, 4) is 0 Å². The molecule has 1 aromatic rings. The first-order chi connectivity index (χ1) is 10.8. The fourth-order valence-electron chi connectivity index (χ4n) is 1.73. The number of hydrogen-bond donors (Lipinski definition) is 3. The Bertz CT molecular complexity index is 561. The normalized spacial score (nSPS) is 13.4. The van der Waals surface area contributed by atoms with Gasteiger partial charge in [-0.15, -0.1) is 0 Å². The summed E-state index contributed by atoms with van der Waals surface area (Å²) in [5.74, 6) is -3.70. The number of H-pyrrole nitrogens is 1. The molecule has 2 atom stereocenters. The Morgan fingerprint density at radius 1 is 1.00 bits per heavy atom. The van der Waals surface area contributed by atoms with Crippen molar-refractivity contribution in [2.24, 2.45) is 0 Å². The fraction of sp³-hybridized carbons (Fsp3) is 0.462. The Labute approximate surface area is 131 Å². The van der Waals surface area contributed by atoms with Crippen molar-refractivity contribution in [3.63, 3.8) is 0 Å². The number of imidazole rings is 1. The van der Waals surface area contributed by atoms with E-state index in [1.165, 1.54) is 28.1 Å². The van der Waals surface area contributed by atoms with Crippen molar-refractivity contribution in [2.75, 3.05) is 14.2 Å². The van der Waals surface area contributed by atoms with Gasteiger partial charge in [0.1, 0.15) is 11.4 Å². The predicted octanol–water partition coefficient (Wildman–Crippen LogP) is -1.01. The number of aromatic amines is 1. The first kappa shape index (κ1) is 18.8. The highest BCUT2D eigenvalue weighted by Gasteiger charge is 2.32. The van der Waals surface area contributed by atoms with Crippen molar-refractivity contribution in [1.82, 2.24) is 20.9 Å². The van der Waals surface area contributed by atoms with Gasteiger partial charge in [-0.25, -0.2) is 4.98 Å². The molecule has 0 saturated heterocycles. The van der Waals surface area contributed by atoms with Crippen molar-refractivity contribution in [2.45, 2.75) is 25.9 Å². The quantitative estimate of drug-likeness (QED) is 0.280. The van der Waals surface area contributed by atoms with Gasteiger partial charge in [0.25, 0.3) is 5.78 Å². The number of rotatable bonds is 10. The summed E-state index contributed by atoms with van der Waals surface area (Å²) in [5, 5.41) is 0. The molecule has 0 amide bonds. The van der Waals surface area contributed by atoms with Gasteiger partial charge in [-0.3, -0.25) is 19.2 Å². The van der Waals surface area contributed by atoms with Crippen molar-refractivity contribution in [3.05, 3.63) is 17.7 Å². The Morgan fingerprint density at radius 3 is 1.96 bits per heavy atom. The van der Waals surface area contributed by atoms with Crippen LogP contribution in [0.1, 0.15) is 34.8 Å². The summed E-state index contributed by atoms with van der Waals surface area (Å²) < 4.78 is 0. The molecular formula is C13H18N4O6. The van der Waals surface area contributed by atoms with Gasteiger partial charge in [-0.2, -0.15) is 11.0 Å². The highest BCUT2D eigenvalue weighted by molar-refractivity contribution is 6.50. The van der Waals surface area contributed by atoms with Crippen LogP contribution in [0.2, 0.25) is 0 Å². The predicted molar refractivity (Wildman–Crippen MR) is 76.5 cm³/mol. The van der Waals surface area contributed by atoms with E-state index in [0.29, 0.717) is 0 Å². The van der Waals surface area contributed by atoms with Crippen molar-refractivity contribution >= 4 is 23.1 Å². The topological polar surface area (TPSA) is 139 Å². The van der Waals surface area contributed by atoms with E-state index in [0.717, 1.165) is 6.33 Å². The molecule has 0 spiro atoms. The van der Waals surface area contributed by atoms with Crippen molar-refractivity contribution < 1.29 is 28.9 Å². The van der Waals surface area contributed by atoms with Crippen LogP contribution in [0.15, 0.2) is 6.33 Å². The maximum absolute atomic E-state index is 12.1. The minimum absolute atomic E-state index is 0.345. The summed E-state index contributed by atoms with van der Waals surface area (Å²) >= 11 is 0. The molecule has 0 radical (unpaired) electrons. The second kappa shape index (κ2) is 8.39. The number of carbonyl (C=O) groups excluding carboxylic acids is 4. The molecule has 1 rings (SSSR count). The third-order valence-electron chi connectivity index (χ3n) is 2.90. The maximum atomic E-state index is 12.1. The van der Waals surface area contributed by atoms with E-state index in [1.54, 1.807) is 0 Å². The molecule has 0 saturated carbocycles. The number of hydroxylamine groups is 2. The fourth-order valence-corrected chi connectivity index (χ4v) is 1.73. The first-order valence-electron chi connectivity index (χ1n) is 6.62. The zero-order valence-electron chi connectivity index (χ0n) is 13.1. The van der Waals surface area contributed by atoms with E-state index in [4.69, 9.17) is 0 Å². The van der Waals surface area contributed by atoms with Crippen LogP contribution in [0.5, 0.6) is 0 Å². The largest absolute Gasteiger partial charge is 0.341 e. The summed E-state index contributed by atoms with van der Waals surface area (Å²) in [6, 6.07) is -1.86. The van der Waals surface area contributed by atoms with Crippen LogP contribution in [0.25, 0.3) is 0 Å². The van der Waals surface area contributed by atoms with E-state index in [-0.39, 0.29) is 5.69 Å². The lowest BCUT2D eigenvalue weighted by Gasteiger charge is -2.10. The van der Waals surface area contributed by atoms with E-state index in [1.807, 2.05) is 0 Å². The van der Waals surface area contributed by atoms with Gasteiger partial charge in [0, 0.05) is 0 Å². The molecule has 0 aromatic carbocycles. The maximum Gasteiger partial charge on any atom is 0.250 e. The molecule has 0 aliphatic rings. The highest BCUT2D eigenvalue weighted by Crippen LogP contribution is 2.09. The number of carbonyl (C=O) groups is 4. The number of nitrogens with one attached hydrogen (secondary N) is 3. The second-order valence-corrected chi connectivity index (χ2v) is 4.60. The number of Topliss-reactive ketones (excluding diaryl/α,β-unsaturated/α-hetero) is 4. The zero-order valence-corrected chi connectivity index (χ0v) is 13.1. The number of aromatic nitrogens is 2. The average molecular weight is 326 g/mol. The van der Waals surface area contributed by atoms with Gasteiger partial charge < -0.3 is 14.7 Å². The van der Waals surface area contributed by atoms with Gasteiger partial charge in [0.05, 0.1) is 32.6 Å². The summed E-state index contributed by atoms with van der Waals surface area (Å²) in [4.78, 5) is 63.4. The lowest BCUT2D eigenvalue weighted by molar-refractivity contribution is -0.120. The third kappa shape index (κ3) is 4.36. The van der Waals surface area contributed by atoms with E-state index in [2.05, 4.69) is 30.6 Å². The molecule has 0 bridgehead atoms. The molecule has 3 N–H and O–H groups in total. The summed E-state index contributed by atoms with van der Waals surface area (Å²) in [6.07, 6.45) is 1.06. The SMILES string of the molecule is CONC(C)C(=O)C(=O)c1nc[nH]c1C(=O)C(=O)C(C)NOC. The van der Waals surface area contributed by atoms with Crippen molar-refractivity contribution in [1.29, 1.82) is 0 Å². The Balaban J connectivity index is 3.00. The van der Waals surface area contributed by atoms with Crippen LogP contribution >= 0.6 is 0 Å². The van der Waals surface area contributed by atoms with Crippen LogP contribution in [0, 0.1) is 0 Å². The number of hydrogen-bond acceptors (Lipinski definition) is 9. The van der Waals surface area contributed by atoms with Gasteiger partial charge >= 0.3 is 0 Å². The van der Waals surface area contributed by atoms with Gasteiger partial charge in [0.15, 0.2) is 0 Å². The van der Waals surface area contributed by atoms with Crippen LogP contribution in [0.3, 0.4) is 0 Å². The second-order valence-electron chi connectivity index (χ2n) is 4.60. The summed E-state index contributed by atoms with van der Waals surface area (Å²) in [5.41, 5.74) is 3.86. The first-order valence-corrected chi connectivity index (χ1v) is 6.62. The smallest absolute Gasteiger partial charge is 0.250 e. The highest BCUT2D eigenvalue weighted by atomic mass is 16.6. The molecule has 2 unspecified atom stereocenters. The third-order valence-corrected chi connectivity index (χ3v) is 2.90. The molecule has 0 aliphatic carbocycles. The Kier molecular flexibility index (Phi) is 6.85.